The van der Waals surface area contributed by atoms with Crippen molar-refractivity contribution >= 4 is 17.3 Å². The van der Waals surface area contributed by atoms with Gasteiger partial charge in [0, 0.05) is 0 Å². The summed E-state index contributed by atoms with van der Waals surface area (Å²) in [4.78, 5) is 14.1. The third kappa shape index (κ3) is 1.85. The molecule has 4 heteroatoms. The van der Waals surface area contributed by atoms with E-state index >= 15 is 0 Å². The molecule has 2 aliphatic rings. The largest absolute Gasteiger partial charge is 0.271 e. The number of rotatable bonds is 3. The zero-order valence-corrected chi connectivity index (χ0v) is 16.9. The van der Waals surface area contributed by atoms with Gasteiger partial charge in [-0.15, -0.1) is 0 Å². The van der Waals surface area contributed by atoms with Crippen molar-refractivity contribution in [1.29, 1.82) is 5.26 Å². The van der Waals surface area contributed by atoms with Gasteiger partial charge in [0.15, 0.2) is 0 Å². The summed E-state index contributed by atoms with van der Waals surface area (Å²) in [5.74, 6) is -0.150. The van der Waals surface area contributed by atoms with Crippen molar-refractivity contribution in [3.05, 3.63) is 102 Å². The van der Waals surface area contributed by atoms with E-state index in [1.54, 1.807) is 0 Å². The van der Waals surface area contributed by atoms with Crippen LogP contribution in [0.4, 0.5) is 5.69 Å². The highest BCUT2D eigenvalue weighted by atomic mass is 16.2. The SMILES string of the molecule is CC1=NN(c2ccccc2)C(=O)C12C(C)(C#N)C2(c1ccccc1)c1ccccc1. The van der Waals surface area contributed by atoms with E-state index in [0.717, 1.165) is 11.1 Å². The summed E-state index contributed by atoms with van der Waals surface area (Å²) >= 11 is 0. The Bertz CT molecular complexity index is 1160. The molecule has 0 radical (unpaired) electrons. The molecule has 3 aromatic rings. The highest BCUT2D eigenvalue weighted by molar-refractivity contribution is 6.25. The molecule has 4 nitrogen and oxygen atoms in total. The minimum absolute atomic E-state index is 0.150. The normalized spacial score (nSPS) is 26.4. The quantitative estimate of drug-likeness (QED) is 0.636. The number of hydrogen-bond donors (Lipinski definition) is 0. The van der Waals surface area contributed by atoms with Gasteiger partial charge >= 0.3 is 0 Å². The smallest absolute Gasteiger partial charge is 0.262 e. The lowest BCUT2D eigenvalue weighted by Gasteiger charge is -2.23. The average molecular weight is 391 g/mol. The maximum absolute atomic E-state index is 14.1. The molecule has 2 atom stereocenters. The Morgan fingerprint density at radius 3 is 1.73 bits per heavy atom. The second-order valence-electron chi connectivity index (χ2n) is 8.11. The Labute approximate surface area is 176 Å². The van der Waals surface area contributed by atoms with Crippen LogP contribution in [-0.2, 0) is 10.2 Å². The molecule has 1 heterocycles. The number of para-hydroxylation sites is 1. The molecule has 0 bridgehead atoms. The van der Waals surface area contributed by atoms with E-state index in [-0.39, 0.29) is 5.91 Å². The summed E-state index contributed by atoms with van der Waals surface area (Å²) in [6, 6.07) is 31.8. The predicted octanol–water partition coefficient (Wildman–Crippen LogP) is 4.93. The van der Waals surface area contributed by atoms with Crippen LogP contribution in [0.1, 0.15) is 25.0 Å². The van der Waals surface area contributed by atoms with Crippen molar-refractivity contribution in [2.75, 3.05) is 5.01 Å². The van der Waals surface area contributed by atoms with Crippen molar-refractivity contribution in [2.45, 2.75) is 19.3 Å². The molecule has 1 saturated carbocycles. The second kappa shape index (κ2) is 6.14. The van der Waals surface area contributed by atoms with Gasteiger partial charge in [0.2, 0.25) is 0 Å². The molecule has 1 amide bonds. The number of carbonyl (C=O) groups excluding carboxylic acids is 1. The Morgan fingerprint density at radius 2 is 1.27 bits per heavy atom. The van der Waals surface area contributed by atoms with Gasteiger partial charge in [-0.1, -0.05) is 78.9 Å². The summed E-state index contributed by atoms with van der Waals surface area (Å²) in [5.41, 5.74) is 0.445. The molecule has 0 aromatic heterocycles. The Hall–Kier alpha value is -3.71. The van der Waals surface area contributed by atoms with Crippen LogP contribution >= 0.6 is 0 Å². The molecule has 146 valence electrons. The molecule has 0 saturated heterocycles. The van der Waals surface area contributed by atoms with E-state index in [9.17, 15) is 10.1 Å². The van der Waals surface area contributed by atoms with Gasteiger partial charge in [-0.05, 0) is 37.1 Å². The monoisotopic (exact) mass is 391 g/mol. The van der Waals surface area contributed by atoms with Crippen LogP contribution in [0.15, 0.2) is 96.1 Å². The fourth-order valence-electron chi connectivity index (χ4n) is 5.78. The standard InChI is InChI=1S/C26H21N3O/c1-19-25(23(30)29(28-19)22-16-10-5-11-17-22)24(2,18-27)26(25,20-12-6-3-7-13-20)21-14-8-4-9-15-21/h3-17H,1-2H3. The fraction of sp³-hybridized carbons (Fsp3) is 0.192. The Kier molecular flexibility index (Phi) is 3.75. The molecule has 0 N–H and O–H groups in total. The van der Waals surface area contributed by atoms with Crippen molar-refractivity contribution in [3.63, 3.8) is 0 Å². The highest BCUT2D eigenvalue weighted by Crippen LogP contribution is 2.82. The van der Waals surface area contributed by atoms with Crippen molar-refractivity contribution < 1.29 is 4.79 Å². The van der Waals surface area contributed by atoms with Crippen LogP contribution < -0.4 is 5.01 Å². The van der Waals surface area contributed by atoms with Crippen molar-refractivity contribution in [1.82, 2.24) is 0 Å². The van der Waals surface area contributed by atoms with Crippen molar-refractivity contribution in [2.24, 2.45) is 15.9 Å². The number of hydrazone groups is 1. The van der Waals surface area contributed by atoms with Crippen LogP contribution in [0.3, 0.4) is 0 Å². The molecule has 3 aromatic carbocycles. The Morgan fingerprint density at radius 1 is 0.800 bits per heavy atom. The number of nitrogens with zero attached hydrogens (tertiary/aromatic N) is 3. The van der Waals surface area contributed by atoms with E-state index in [4.69, 9.17) is 5.10 Å². The number of carbonyl (C=O) groups is 1. The van der Waals surface area contributed by atoms with Gasteiger partial charge in [0.05, 0.1) is 28.3 Å². The van der Waals surface area contributed by atoms with Crippen LogP contribution in [0.5, 0.6) is 0 Å². The zero-order valence-electron chi connectivity index (χ0n) is 16.9. The zero-order chi connectivity index (χ0) is 21.0. The summed E-state index contributed by atoms with van der Waals surface area (Å²) in [7, 11) is 0. The molecular weight excluding hydrogens is 370 g/mol. The molecule has 1 aliphatic carbocycles. The molecule has 30 heavy (non-hydrogen) atoms. The maximum atomic E-state index is 14.1. The van der Waals surface area contributed by atoms with Crippen LogP contribution in [-0.4, -0.2) is 11.6 Å². The highest BCUT2D eigenvalue weighted by Gasteiger charge is 2.93. The van der Waals surface area contributed by atoms with Gasteiger partial charge in [0.25, 0.3) is 5.91 Å². The number of hydrogen-bond acceptors (Lipinski definition) is 3. The average Bonchev–Trinajstić information content (AvgIpc) is 3.22. The van der Waals surface area contributed by atoms with Crippen LogP contribution in [0, 0.1) is 22.2 Å². The first-order valence-electron chi connectivity index (χ1n) is 10.0. The molecule has 5 rings (SSSR count). The first kappa shape index (κ1) is 18.3. The van der Waals surface area contributed by atoms with E-state index in [1.165, 1.54) is 5.01 Å². The maximum Gasteiger partial charge on any atom is 0.262 e. The Balaban J connectivity index is 1.81. The van der Waals surface area contributed by atoms with E-state index < -0.39 is 16.2 Å². The predicted molar refractivity (Wildman–Crippen MR) is 117 cm³/mol. The second-order valence-corrected chi connectivity index (χ2v) is 8.11. The van der Waals surface area contributed by atoms with Gasteiger partial charge in [0.1, 0.15) is 5.41 Å². The molecule has 1 fully saturated rings. The summed E-state index contributed by atoms with van der Waals surface area (Å²) in [6.07, 6.45) is 0. The first-order valence-corrected chi connectivity index (χ1v) is 10.0. The number of amides is 1. The summed E-state index contributed by atoms with van der Waals surface area (Å²) in [5, 5.41) is 16.6. The fourth-order valence-corrected chi connectivity index (χ4v) is 5.78. The number of benzene rings is 3. The van der Waals surface area contributed by atoms with Gasteiger partial charge in [-0.2, -0.15) is 15.4 Å². The van der Waals surface area contributed by atoms with Crippen molar-refractivity contribution in [3.8, 4) is 6.07 Å². The lowest BCUT2D eigenvalue weighted by molar-refractivity contribution is -0.121. The minimum atomic E-state index is -1.06. The van der Waals surface area contributed by atoms with Crippen LogP contribution in [0.2, 0.25) is 0 Å². The van der Waals surface area contributed by atoms with Gasteiger partial charge in [-0.25, -0.2) is 0 Å². The van der Waals surface area contributed by atoms with E-state index in [2.05, 4.69) is 6.07 Å². The van der Waals surface area contributed by atoms with Gasteiger partial charge < -0.3 is 0 Å². The topological polar surface area (TPSA) is 56.5 Å². The van der Waals surface area contributed by atoms with E-state index in [1.807, 2.05) is 105 Å². The van der Waals surface area contributed by atoms with Gasteiger partial charge in [-0.3, -0.25) is 4.79 Å². The molecular formula is C26H21N3O. The summed E-state index contributed by atoms with van der Waals surface area (Å²) in [6.45, 7) is 3.78. The third-order valence-electron chi connectivity index (χ3n) is 6.94. The van der Waals surface area contributed by atoms with Crippen LogP contribution in [0.25, 0.3) is 0 Å². The molecule has 1 spiro atoms. The molecule has 2 unspecified atom stereocenters. The lowest BCUT2D eigenvalue weighted by atomic mass is 9.77. The molecule has 1 aliphatic heterocycles. The minimum Gasteiger partial charge on any atom is -0.271 e. The van der Waals surface area contributed by atoms with E-state index in [0.29, 0.717) is 11.4 Å². The summed E-state index contributed by atoms with van der Waals surface area (Å²) < 4.78 is 0. The first-order chi connectivity index (χ1) is 14.6. The third-order valence-corrected chi connectivity index (χ3v) is 6.94. The number of nitriles is 1. The number of anilines is 1. The lowest BCUT2D eigenvalue weighted by Crippen LogP contribution is -2.35.